The Bertz CT molecular complexity index is 448. The molecule has 0 aromatic heterocycles. The highest BCUT2D eigenvalue weighted by molar-refractivity contribution is 5.91. The molecule has 1 aliphatic rings. The van der Waals surface area contributed by atoms with E-state index in [2.05, 4.69) is 66.4 Å². The predicted molar refractivity (Wildman–Crippen MR) is 77.4 cm³/mol. The van der Waals surface area contributed by atoms with Gasteiger partial charge in [-0.25, -0.2) is 4.99 Å². The first-order chi connectivity index (χ1) is 8.70. The molecule has 1 heterocycles. The highest BCUT2D eigenvalue weighted by Gasteiger charge is 2.15. The first kappa shape index (κ1) is 12.7. The number of benzene rings is 1. The third kappa shape index (κ3) is 2.92. The van der Waals surface area contributed by atoms with Crippen LogP contribution in [-0.2, 0) is 0 Å². The van der Waals surface area contributed by atoms with Crippen molar-refractivity contribution in [3.8, 4) is 0 Å². The van der Waals surface area contributed by atoms with Gasteiger partial charge in [0, 0.05) is 19.3 Å². The maximum absolute atomic E-state index is 4.63. The van der Waals surface area contributed by atoms with E-state index in [9.17, 15) is 0 Å². The Morgan fingerprint density at radius 1 is 1.28 bits per heavy atom. The van der Waals surface area contributed by atoms with Crippen LogP contribution in [0.5, 0.6) is 0 Å². The number of guanidine groups is 1. The zero-order valence-electron chi connectivity index (χ0n) is 11.4. The SMILES string of the molecule is CCCN(C)C1=NC(C)C=C(c2ccccc2)N1. The van der Waals surface area contributed by atoms with Crippen LogP contribution in [0.2, 0.25) is 0 Å². The van der Waals surface area contributed by atoms with E-state index in [1.807, 2.05) is 6.07 Å². The third-order valence-corrected chi connectivity index (χ3v) is 2.99. The summed E-state index contributed by atoms with van der Waals surface area (Å²) in [5, 5.41) is 3.42. The molecular formula is C15H21N3. The molecule has 0 aliphatic carbocycles. The van der Waals surface area contributed by atoms with Crippen LogP contribution >= 0.6 is 0 Å². The standard InChI is InChI=1S/C15H21N3/c1-4-10-18(3)15-16-12(2)11-14(17-15)13-8-6-5-7-9-13/h5-9,11-12H,4,10H2,1-3H3,(H,16,17). The molecule has 1 aromatic carbocycles. The number of nitrogens with zero attached hydrogens (tertiary/aromatic N) is 2. The Hall–Kier alpha value is -1.77. The molecule has 2 rings (SSSR count). The first-order valence-corrected chi connectivity index (χ1v) is 6.54. The zero-order valence-corrected chi connectivity index (χ0v) is 11.4. The van der Waals surface area contributed by atoms with Gasteiger partial charge in [0.05, 0.1) is 6.04 Å². The largest absolute Gasteiger partial charge is 0.346 e. The summed E-state index contributed by atoms with van der Waals surface area (Å²) in [6.45, 7) is 5.31. The summed E-state index contributed by atoms with van der Waals surface area (Å²) in [5.74, 6) is 0.964. The molecule has 1 aliphatic heterocycles. The van der Waals surface area contributed by atoms with Gasteiger partial charge in [-0.2, -0.15) is 0 Å². The van der Waals surface area contributed by atoms with Crippen LogP contribution < -0.4 is 5.32 Å². The fraction of sp³-hybridized carbons (Fsp3) is 0.400. The molecule has 1 aromatic rings. The third-order valence-electron chi connectivity index (χ3n) is 2.99. The van der Waals surface area contributed by atoms with Gasteiger partial charge in [0.2, 0.25) is 0 Å². The summed E-state index contributed by atoms with van der Waals surface area (Å²) >= 11 is 0. The van der Waals surface area contributed by atoms with Gasteiger partial charge in [0.1, 0.15) is 0 Å². The van der Waals surface area contributed by atoms with Crippen molar-refractivity contribution in [3.05, 3.63) is 42.0 Å². The number of hydrogen-bond acceptors (Lipinski definition) is 3. The summed E-state index contributed by atoms with van der Waals surface area (Å²) < 4.78 is 0. The van der Waals surface area contributed by atoms with Gasteiger partial charge in [-0.05, 0) is 25.0 Å². The lowest BCUT2D eigenvalue weighted by atomic mass is 10.1. The molecule has 0 saturated heterocycles. The van der Waals surface area contributed by atoms with Crippen molar-refractivity contribution in [1.29, 1.82) is 0 Å². The van der Waals surface area contributed by atoms with Crippen molar-refractivity contribution in [2.24, 2.45) is 4.99 Å². The van der Waals surface area contributed by atoms with Gasteiger partial charge in [-0.3, -0.25) is 0 Å². The molecule has 0 bridgehead atoms. The molecule has 3 nitrogen and oxygen atoms in total. The Kier molecular flexibility index (Phi) is 4.03. The van der Waals surface area contributed by atoms with Gasteiger partial charge in [0.15, 0.2) is 5.96 Å². The van der Waals surface area contributed by atoms with Crippen LogP contribution in [-0.4, -0.2) is 30.5 Å². The minimum Gasteiger partial charge on any atom is -0.346 e. The minimum atomic E-state index is 0.218. The van der Waals surface area contributed by atoms with Gasteiger partial charge in [-0.1, -0.05) is 37.3 Å². The topological polar surface area (TPSA) is 27.6 Å². The van der Waals surface area contributed by atoms with E-state index in [1.54, 1.807) is 0 Å². The summed E-state index contributed by atoms with van der Waals surface area (Å²) in [5.41, 5.74) is 2.36. The first-order valence-electron chi connectivity index (χ1n) is 6.54. The van der Waals surface area contributed by atoms with Crippen LogP contribution in [0.1, 0.15) is 25.8 Å². The van der Waals surface area contributed by atoms with E-state index >= 15 is 0 Å². The van der Waals surface area contributed by atoms with Crippen LogP contribution in [0.4, 0.5) is 0 Å². The van der Waals surface area contributed by atoms with Crippen molar-refractivity contribution < 1.29 is 0 Å². The molecular weight excluding hydrogens is 222 g/mol. The second kappa shape index (κ2) is 5.71. The maximum atomic E-state index is 4.63. The molecule has 18 heavy (non-hydrogen) atoms. The van der Waals surface area contributed by atoms with Gasteiger partial charge in [-0.15, -0.1) is 0 Å². The Balaban J connectivity index is 2.17. The monoisotopic (exact) mass is 243 g/mol. The molecule has 1 unspecified atom stereocenters. The lowest BCUT2D eigenvalue weighted by molar-refractivity contribution is 0.483. The molecule has 0 saturated carbocycles. The second-order valence-corrected chi connectivity index (χ2v) is 4.69. The number of rotatable bonds is 3. The average molecular weight is 243 g/mol. The van der Waals surface area contributed by atoms with E-state index in [-0.39, 0.29) is 6.04 Å². The number of hydrogen-bond donors (Lipinski definition) is 1. The van der Waals surface area contributed by atoms with E-state index in [0.717, 1.165) is 24.6 Å². The molecule has 1 atom stereocenters. The van der Waals surface area contributed by atoms with Crippen LogP contribution in [0.15, 0.2) is 41.4 Å². The summed E-state index contributed by atoms with van der Waals surface area (Å²) in [6.07, 6.45) is 3.29. The van der Waals surface area contributed by atoms with Gasteiger partial charge in [0.25, 0.3) is 0 Å². The molecule has 0 amide bonds. The fourth-order valence-corrected chi connectivity index (χ4v) is 2.09. The maximum Gasteiger partial charge on any atom is 0.198 e. The lowest BCUT2D eigenvalue weighted by Crippen LogP contribution is -2.41. The Morgan fingerprint density at radius 3 is 2.67 bits per heavy atom. The van der Waals surface area contributed by atoms with Crippen LogP contribution in [0.25, 0.3) is 5.70 Å². The minimum absolute atomic E-state index is 0.218. The number of nitrogens with one attached hydrogen (secondary N) is 1. The van der Waals surface area contributed by atoms with Crippen molar-refractivity contribution >= 4 is 11.7 Å². The zero-order chi connectivity index (χ0) is 13.0. The molecule has 0 radical (unpaired) electrons. The average Bonchev–Trinajstić information content (AvgIpc) is 2.39. The van der Waals surface area contributed by atoms with Gasteiger partial charge >= 0.3 is 0 Å². The normalized spacial score (nSPS) is 18.7. The van der Waals surface area contributed by atoms with Crippen molar-refractivity contribution in [1.82, 2.24) is 10.2 Å². The highest BCUT2D eigenvalue weighted by Crippen LogP contribution is 2.16. The van der Waals surface area contributed by atoms with Gasteiger partial charge < -0.3 is 10.2 Å². The Labute approximate surface area is 109 Å². The quantitative estimate of drug-likeness (QED) is 0.884. The predicted octanol–water partition coefficient (Wildman–Crippen LogP) is 2.72. The second-order valence-electron chi connectivity index (χ2n) is 4.69. The van der Waals surface area contributed by atoms with Crippen LogP contribution in [0, 0.1) is 0 Å². The summed E-state index contributed by atoms with van der Waals surface area (Å²) in [4.78, 5) is 6.80. The molecule has 96 valence electrons. The van der Waals surface area contributed by atoms with E-state index in [0.29, 0.717) is 0 Å². The molecule has 0 spiro atoms. The van der Waals surface area contributed by atoms with Crippen molar-refractivity contribution in [2.75, 3.05) is 13.6 Å². The Morgan fingerprint density at radius 2 is 2.00 bits per heavy atom. The molecule has 0 fully saturated rings. The fourth-order valence-electron chi connectivity index (χ4n) is 2.09. The van der Waals surface area contributed by atoms with Crippen molar-refractivity contribution in [2.45, 2.75) is 26.3 Å². The lowest BCUT2D eigenvalue weighted by Gasteiger charge is -2.27. The van der Waals surface area contributed by atoms with E-state index in [4.69, 9.17) is 0 Å². The van der Waals surface area contributed by atoms with Crippen LogP contribution in [0.3, 0.4) is 0 Å². The van der Waals surface area contributed by atoms with E-state index < -0.39 is 0 Å². The smallest absolute Gasteiger partial charge is 0.198 e. The highest BCUT2D eigenvalue weighted by atomic mass is 15.3. The van der Waals surface area contributed by atoms with E-state index in [1.165, 1.54) is 5.56 Å². The van der Waals surface area contributed by atoms with Crippen molar-refractivity contribution in [3.63, 3.8) is 0 Å². The summed E-state index contributed by atoms with van der Waals surface area (Å²) in [7, 11) is 2.08. The molecule has 3 heteroatoms. The number of aliphatic imine (C=N–C) groups is 1. The molecule has 1 N–H and O–H groups in total. The summed E-state index contributed by atoms with van der Waals surface area (Å²) in [6, 6.07) is 10.6.